The molecule has 1 saturated heterocycles. The molecular formula is C13H16N2O3. The molecule has 0 saturated carbocycles. The van der Waals surface area contributed by atoms with Crippen molar-refractivity contribution in [2.45, 2.75) is 13.3 Å². The number of hydrogen-bond donors (Lipinski definition) is 2. The van der Waals surface area contributed by atoms with Gasteiger partial charge >= 0.3 is 12.0 Å². The number of urea groups is 1. The molecule has 0 radical (unpaired) electrons. The minimum absolute atomic E-state index is 0.0887. The van der Waals surface area contributed by atoms with Gasteiger partial charge in [-0.05, 0) is 24.6 Å². The molecule has 2 N–H and O–H groups in total. The van der Waals surface area contributed by atoms with Gasteiger partial charge in [-0.15, -0.1) is 0 Å². The number of likely N-dealkylation sites (tertiary alicyclic amines) is 1. The first-order chi connectivity index (χ1) is 8.54. The van der Waals surface area contributed by atoms with Gasteiger partial charge in [0.2, 0.25) is 0 Å². The molecule has 5 nitrogen and oxygen atoms in total. The summed E-state index contributed by atoms with van der Waals surface area (Å²) in [6.45, 7) is 3.00. The molecule has 1 heterocycles. The van der Waals surface area contributed by atoms with E-state index >= 15 is 0 Å². The average molecular weight is 248 g/mol. The van der Waals surface area contributed by atoms with Crippen molar-refractivity contribution in [2.75, 3.05) is 18.4 Å². The zero-order chi connectivity index (χ0) is 13.1. The Labute approximate surface area is 105 Å². The minimum Gasteiger partial charge on any atom is -0.481 e. The van der Waals surface area contributed by atoms with Gasteiger partial charge in [0.25, 0.3) is 0 Å². The molecule has 1 aromatic rings. The van der Waals surface area contributed by atoms with Crippen molar-refractivity contribution in [1.29, 1.82) is 0 Å². The third kappa shape index (κ3) is 3.00. The molecule has 1 fully saturated rings. The van der Waals surface area contributed by atoms with Gasteiger partial charge in [0.05, 0.1) is 6.42 Å². The highest BCUT2D eigenvalue weighted by Crippen LogP contribution is 2.20. The first-order valence-corrected chi connectivity index (χ1v) is 5.89. The topological polar surface area (TPSA) is 69.6 Å². The second-order valence-electron chi connectivity index (χ2n) is 4.67. The van der Waals surface area contributed by atoms with Crippen LogP contribution in [0.1, 0.15) is 12.0 Å². The Kier molecular flexibility index (Phi) is 3.50. The van der Waals surface area contributed by atoms with Gasteiger partial charge in [0.1, 0.15) is 0 Å². The number of carbonyl (C=O) groups excluding carboxylic acids is 1. The van der Waals surface area contributed by atoms with Crippen LogP contribution in [-0.4, -0.2) is 35.1 Å². The molecule has 0 aromatic heterocycles. The van der Waals surface area contributed by atoms with Crippen LogP contribution < -0.4 is 5.32 Å². The summed E-state index contributed by atoms with van der Waals surface area (Å²) in [5.74, 6) is -0.718. The molecule has 0 aliphatic carbocycles. The number of rotatable bonds is 3. The summed E-state index contributed by atoms with van der Waals surface area (Å²) in [6, 6.07) is 7.41. The van der Waals surface area contributed by atoms with Crippen LogP contribution in [0.5, 0.6) is 0 Å². The number of benzene rings is 1. The van der Waals surface area contributed by atoms with E-state index in [1.54, 1.807) is 4.90 Å². The number of aliphatic carboxylic acids is 1. The monoisotopic (exact) mass is 248 g/mol. The van der Waals surface area contributed by atoms with E-state index in [0.29, 0.717) is 13.1 Å². The zero-order valence-electron chi connectivity index (χ0n) is 10.2. The molecule has 96 valence electrons. The third-order valence-electron chi connectivity index (χ3n) is 2.98. The number of carboxylic acid groups (broad SMARTS) is 1. The molecule has 1 aliphatic heterocycles. The molecule has 2 amide bonds. The molecule has 2 rings (SSSR count). The normalized spacial score (nSPS) is 15.1. The fourth-order valence-electron chi connectivity index (χ4n) is 2.04. The summed E-state index contributed by atoms with van der Waals surface area (Å²) < 4.78 is 0. The van der Waals surface area contributed by atoms with E-state index < -0.39 is 5.97 Å². The van der Waals surface area contributed by atoms with Crippen molar-refractivity contribution in [3.63, 3.8) is 0 Å². The lowest BCUT2D eigenvalue weighted by molar-refractivity contribution is -0.139. The van der Waals surface area contributed by atoms with E-state index in [4.69, 9.17) is 5.11 Å². The number of aryl methyl sites for hydroxylation is 1. The van der Waals surface area contributed by atoms with Gasteiger partial charge in [-0.1, -0.05) is 12.1 Å². The molecule has 0 spiro atoms. The van der Waals surface area contributed by atoms with Gasteiger partial charge < -0.3 is 15.3 Å². The number of carbonyl (C=O) groups is 2. The van der Waals surface area contributed by atoms with E-state index in [9.17, 15) is 9.59 Å². The Morgan fingerprint density at radius 2 is 2.17 bits per heavy atom. The van der Waals surface area contributed by atoms with Crippen molar-refractivity contribution in [2.24, 2.45) is 5.92 Å². The Bertz CT molecular complexity index is 467. The van der Waals surface area contributed by atoms with Crippen LogP contribution in [0.15, 0.2) is 24.3 Å². The van der Waals surface area contributed by atoms with Crippen LogP contribution in [0, 0.1) is 12.8 Å². The van der Waals surface area contributed by atoms with Crippen molar-refractivity contribution in [1.82, 2.24) is 4.90 Å². The van der Waals surface area contributed by atoms with Crippen LogP contribution >= 0.6 is 0 Å². The fourth-order valence-corrected chi connectivity index (χ4v) is 2.04. The van der Waals surface area contributed by atoms with Crippen molar-refractivity contribution in [3.8, 4) is 0 Å². The van der Waals surface area contributed by atoms with Gasteiger partial charge in [-0.3, -0.25) is 4.79 Å². The molecule has 0 atom stereocenters. The van der Waals surface area contributed by atoms with E-state index in [0.717, 1.165) is 11.3 Å². The maximum atomic E-state index is 11.8. The number of nitrogens with one attached hydrogen (secondary N) is 1. The summed E-state index contributed by atoms with van der Waals surface area (Å²) in [4.78, 5) is 23.9. The Morgan fingerprint density at radius 3 is 2.78 bits per heavy atom. The zero-order valence-corrected chi connectivity index (χ0v) is 10.2. The quantitative estimate of drug-likeness (QED) is 0.858. The summed E-state index contributed by atoms with van der Waals surface area (Å²) in [6.07, 6.45) is 0.133. The average Bonchev–Trinajstić information content (AvgIpc) is 2.22. The molecule has 1 aromatic carbocycles. The molecule has 0 unspecified atom stereocenters. The smallest absolute Gasteiger partial charge is 0.321 e. The van der Waals surface area contributed by atoms with E-state index in [1.165, 1.54) is 0 Å². The molecule has 1 aliphatic rings. The van der Waals surface area contributed by atoms with Gasteiger partial charge in [-0.25, -0.2) is 4.79 Å². The minimum atomic E-state index is -0.807. The number of hydrogen-bond acceptors (Lipinski definition) is 2. The number of anilines is 1. The fraction of sp³-hybridized carbons (Fsp3) is 0.385. The third-order valence-corrected chi connectivity index (χ3v) is 2.98. The molecule has 18 heavy (non-hydrogen) atoms. The SMILES string of the molecule is Cc1cccc(NC(=O)N2CC(CC(=O)O)C2)c1. The van der Waals surface area contributed by atoms with Crippen LogP contribution in [0.25, 0.3) is 0 Å². The largest absolute Gasteiger partial charge is 0.481 e. The van der Waals surface area contributed by atoms with E-state index in [2.05, 4.69) is 5.32 Å². The van der Waals surface area contributed by atoms with E-state index in [-0.39, 0.29) is 18.4 Å². The van der Waals surface area contributed by atoms with Gasteiger partial charge in [0.15, 0.2) is 0 Å². The predicted molar refractivity (Wildman–Crippen MR) is 67.5 cm³/mol. The first kappa shape index (κ1) is 12.4. The number of carboxylic acids is 1. The molecule has 5 heteroatoms. The molecular weight excluding hydrogens is 232 g/mol. The highest BCUT2D eigenvalue weighted by molar-refractivity contribution is 5.90. The van der Waals surface area contributed by atoms with Crippen molar-refractivity contribution < 1.29 is 14.7 Å². The number of amides is 2. The maximum absolute atomic E-state index is 11.8. The lowest BCUT2D eigenvalue weighted by Gasteiger charge is -2.38. The van der Waals surface area contributed by atoms with Crippen LogP contribution in [0.2, 0.25) is 0 Å². The lowest BCUT2D eigenvalue weighted by atomic mass is 9.97. The van der Waals surface area contributed by atoms with Crippen LogP contribution in [-0.2, 0) is 4.79 Å². The van der Waals surface area contributed by atoms with Crippen LogP contribution in [0.4, 0.5) is 10.5 Å². The van der Waals surface area contributed by atoms with Gasteiger partial charge in [0, 0.05) is 24.7 Å². The standard InChI is InChI=1S/C13H16N2O3/c1-9-3-2-4-11(5-9)14-13(18)15-7-10(8-15)6-12(16)17/h2-5,10H,6-8H2,1H3,(H,14,18)(H,16,17). The van der Waals surface area contributed by atoms with Gasteiger partial charge in [-0.2, -0.15) is 0 Å². The number of nitrogens with zero attached hydrogens (tertiary/aromatic N) is 1. The van der Waals surface area contributed by atoms with Crippen LogP contribution in [0.3, 0.4) is 0 Å². The van der Waals surface area contributed by atoms with Crippen molar-refractivity contribution >= 4 is 17.7 Å². The first-order valence-electron chi connectivity index (χ1n) is 5.89. The Balaban J connectivity index is 1.82. The highest BCUT2D eigenvalue weighted by Gasteiger charge is 2.31. The maximum Gasteiger partial charge on any atom is 0.321 e. The summed E-state index contributed by atoms with van der Waals surface area (Å²) in [5, 5.41) is 11.4. The highest BCUT2D eigenvalue weighted by atomic mass is 16.4. The second kappa shape index (κ2) is 5.08. The molecule has 0 bridgehead atoms. The van der Waals surface area contributed by atoms with Crippen molar-refractivity contribution in [3.05, 3.63) is 29.8 Å². The lowest BCUT2D eigenvalue weighted by Crippen LogP contribution is -2.52. The Morgan fingerprint density at radius 1 is 1.44 bits per heavy atom. The van der Waals surface area contributed by atoms with E-state index in [1.807, 2.05) is 31.2 Å². The summed E-state index contributed by atoms with van der Waals surface area (Å²) >= 11 is 0. The predicted octanol–water partition coefficient (Wildman–Crippen LogP) is 1.93. The Hall–Kier alpha value is -2.04. The summed E-state index contributed by atoms with van der Waals surface area (Å²) in [7, 11) is 0. The summed E-state index contributed by atoms with van der Waals surface area (Å²) in [5.41, 5.74) is 1.85. The second-order valence-corrected chi connectivity index (χ2v) is 4.67.